The van der Waals surface area contributed by atoms with Gasteiger partial charge in [0, 0.05) is 12.1 Å². The first kappa shape index (κ1) is 12.7. The standard InChI is InChI=1S/C14H23NO2/c1-10-3-4-13(5-11(10)2)17-9-14-6-12(7-15)8-16-14/h6,8,10-11,13H,3-5,7,9,15H2,1-2H3. The van der Waals surface area contributed by atoms with Crippen molar-refractivity contribution in [1.29, 1.82) is 0 Å². The Morgan fingerprint density at radius 1 is 1.35 bits per heavy atom. The maximum absolute atomic E-state index is 5.91. The van der Waals surface area contributed by atoms with E-state index in [1.54, 1.807) is 6.26 Å². The number of hydrogen-bond donors (Lipinski definition) is 1. The Morgan fingerprint density at radius 3 is 2.82 bits per heavy atom. The van der Waals surface area contributed by atoms with Crippen LogP contribution in [-0.4, -0.2) is 6.10 Å². The predicted molar refractivity (Wildman–Crippen MR) is 67.4 cm³/mol. The van der Waals surface area contributed by atoms with Crippen molar-refractivity contribution in [1.82, 2.24) is 0 Å². The lowest BCUT2D eigenvalue weighted by atomic mass is 9.80. The van der Waals surface area contributed by atoms with E-state index in [0.717, 1.165) is 23.2 Å². The highest BCUT2D eigenvalue weighted by Gasteiger charge is 2.25. The molecule has 17 heavy (non-hydrogen) atoms. The van der Waals surface area contributed by atoms with Crippen LogP contribution in [0.4, 0.5) is 0 Å². The second-order valence-electron chi connectivity index (χ2n) is 5.33. The molecule has 1 heterocycles. The van der Waals surface area contributed by atoms with Crippen LogP contribution in [0.2, 0.25) is 0 Å². The highest BCUT2D eigenvalue weighted by atomic mass is 16.5. The Hall–Kier alpha value is -0.800. The average Bonchev–Trinajstić information content (AvgIpc) is 2.79. The molecule has 0 amide bonds. The third kappa shape index (κ3) is 3.33. The molecule has 0 aliphatic heterocycles. The molecule has 3 nitrogen and oxygen atoms in total. The minimum Gasteiger partial charge on any atom is -0.467 e. The number of nitrogens with two attached hydrogens (primary N) is 1. The van der Waals surface area contributed by atoms with E-state index in [9.17, 15) is 0 Å². The van der Waals surface area contributed by atoms with Gasteiger partial charge in [-0.3, -0.25) is 0 Å². The highest BCUT2D eigenvalue weighted by Crippen LogP contribution is 2.31. The summed E-state index contributed by atoms with van der Waals surface area (Å²) in [6.07, 6.45) is 5.73. The van der Waals surface area contributed by atoms with E-state index in [1.165, 1.54) is 19.3 Å². The smallest absolute Gasteiger partial charge is 0.129 e. The Kier molecular flexibility index (Phi) is 4.24. The summed E-state index contributed by atoms with van der Waals surface area (Å²) in [4.78, 5) is 0. The van der Waals surface area contributed by atoms with Gasteiger partial charge >= 0.3 is 0 Å². The number of hydrogen-bond acceptors (Lipinski definition) is 3. The number of rotatable bonds is 4. The van der Waals surface area contributed by atoms with Crippen molar-refractivity contribution < 1.29 is 9.15 Å². The van der Waals surface area contributed by atoms with Crippen molar-refractivity contribution in [2.45, 2.75) is 52.4 Å². The van der Waals surface area contributed by atoms with Crippen molar-refractivity contribution in [3.63, 3.8) is 0 Å². The Morgan fingerprint density at radius 2 is 2.18 bits per heavy atom. The quantitative estimate of drug-likeness (QED) is 0.875. The van der Waals surface area contributed by atoms with Crippen LogP contribution >= 0.6 is 0 Å². The molecule has 1 saturated carbocycles. The Bertz CT molecular complexity index is 348. The van der Waals surface area contributed by atoms with Crippen molar-refractivity contribution in [2.75, 3.05) is 0 Å². The molecular weight excluding hydrogens is 214 g/mol. The average molecular weight is 237 g/mol. The molecule has 96 valence electrons. The van der Waals surface area contributed by atoms with E-state index >= 15 is 0 Å². The highest BCUT2D eigenvalue weighted by molar-refractivity contribution is 5.11. The molecule has 0 saturated heterocycles. The molecule has 3 heteroatoms. The van der Waals surface area contributed by atoms with Gasteiger partial charge in [-0.2, -0.15) is 0 Å². The van der Waals surface area contributed by atoms with E-state index in [-0.39, 0.29) is 0 Å². The van der Waals surface area contributed by atoms with Gasteiger partial charge in [0.25, 0.3) is 0 Å². The first-order valence-corrected chi connectivity index (χ1v) is 6.57. The van der Waals surface area contributed by atoms with Gasteiger partial charge in [-0.05, 0) is 37.2 Å². The number of ether oxygens (including phenoxy) is 1. The fourth-order valence-electron chi connectivity index (χ4n) is 2.46. The fourth-order valence-corrected chi connectivity index (χ4v) is 2.46. The molecule has 2 rings (SSSR count). The largest absolute Gasteiger partial charge is 0.467 e. The Balaban J connectivity index is 1.78. The lowest BCUT2D eigenvalue weighted by Gasteiger charge is -2.31. The van der Waals surface area contributed by atoms with Gasteiger partial charge in [-0.15, -0.1) is 0 Å². The van der Waals surface area contributed by atoms with Crippen LogP contribution in [0.3, 0.4) is 0 Å². The van der Waals surface area contributed by atoms with Crippen LogP contribution in [0.25, 0.3) is 0 Å². The number of furan rings is 1. The van der Waals surface area contributed by atoms with Crippen LogP contribution in [0.15, 0.2) is 16.7 Å². The van der Waals surface area contributed by atoms with Crippen molar-refractivity contribution in [3.05, 3.63) is 23.7 Å². The third-order valence-electron chi connectivity index (χ3n) is 3.96. The van der Waals surface area contributed by atoms with Gasteiger partial charge in [0.1, 0.15) is 12.4 Å². The molecule has 1 aromatic rings. The van der Waals surface area contributed by atoms with Crippen LogP contribution < -0.4 is 5.73 Å². The Labute approximate surface area is 103 Å². The minimum absolute atomic E-state index is 0.396. The summed E-state index contributed by atoms with van der Waals surface area (Å²) >= 11 is 0. The summed E-state index contributed by atoms with van der Waals surface area (Å²) in [5.74, 6) is 2.49. The first-order chi connectivity index (χ1) is 8.19. The fraction of sp³-hybridized carbons (Fsp3) is 0.714. The predicted octanol–water partition coefficient (Wildman–Crippen LogP) is 3.08. The zero-order valence-electron chi connectivity index (χ0n) is 10.8. The lowest BCUT2D eigenvalue weighted by Crippen LogP contribution is -2.26. The van der Waals surface area contributed by atoms with Crippen molar-refractivity contribution in [2.24, 2.45) is 17.6 Å². The molecule has 3 unspecified atom stereocenters. The monoisotopic (exact) mass is 237 g/mol. The SMILES string of the molecule is CC1CCC(OCc2cc(CN)co2)CC1C. The molecule has 1 aliphatic carbocycles. The molecular formula is C14H23NO2. The maximum Gasteiger partial charge on any atom is 0.129 e. The van der Waals surface area contributed by atoms with Crippen LogP contribution in [0.5, 0.6) is 0 Å². The maximum atomic E-state index is 5.91. The summed E-state index contributed by atoms with van der Waals surface area (Å²) in [5, 5.41) is 0. The van der Waals surface area contributed by atoms with E-state index in [1.807, 2.05) is 6.07 Å². The van der Waals surface area contributed by atoms with Gasteiger partial charge < -0.3 is 14.9 Å². The zero-order chi connectivity index (χ0) is 12.3. The second kappa shape index (κ2) is 5.69. The van der Waals surface area contributed by atoms with E-state index < -0.39 is 0 Å². The van der Waals surface area contributed by atoms with E-state index in [2.05, 4.69) is 13.8 Å². The van der Waals surface area contributed by atoms with Crippen molar-refractivity contribution >= 4 is 0 Å². The molecule has 1 aliphatic rings. The van der Waals surface area contributed by atoms with Crippen LogP contribution in [0.1, 0.15) is 44.4 Å². The van der Waals surface area contributed by atoms with Gasteiger partial charge in [0.2, 0.25) is 0 Å². The van der Waals surface area contributed by atoms with Gasteiger partial charge in [0.05, 0.1) is 12.4 Å². The molecule has 0 aromatic carbocycles. The first-order valence-electron chi connectivity index (χ1n) is 6.57. The van der Waals surface area contributed by atoms with Gasteiger partial charge in [-0.1, -0.05) is 13.8 Å². The molecule has 3 atom stereocenters. The molecule has 2 N–H and O–H groups in total. The van der Waals surface area contributed by atoms with Gasteiger partial charge in [0.15, 0.2) is 0 Å². The van der Waals surface area contributed by atoms with Crippen LogP contribution in [-0.2, 0) is 17.9 Å². The molecule has 1 aromatic heterocycles. The second-order valence-corrected chi connectivity index (χ2v) is 5.33. The van der Waals surface area contributed by atoms with Gasteiger partial charge in [-0.25, -0.2) is 0 Å². The summed E-state index contributed by atoms with van der Waals surface area (Å²) < 4.78 is 11.3. The summed E-state index contributed by atoms with van der Waals surface area (Å²) in [6, 6.07) is 1.98. The topological polar surface area (TPSA) is 48.4 Å². The summed E-state index contributed by atoms with van der Waals surface area (Å²) in [7, 11) is 0. The zero-order valence-corrected chi connectivity index (χ0v) is 10.8. The molecule has 0 bridgehead atoms. The van der Waals surface area contributed by atoms with E-state index in [0.29, 0.717) is 19.3 Å². The third-order valence-corrected chi connectivity index (χ3v) is 3.96. The summed E-state index contributed by atoms with van der Waals surface area (Å²) in [5.41, 5.74) is 6.57. The lowest BCUT2D eigenvalue weighted by molar-refractivity contribution is -0.0139. The van der Waals surface area contributed by atoms with Crippen molar-refractivity contribution in [3.8, 4) is 0 Å². The van der Waals surface area contributed by atoms with E-state index in [4.69, 9.17) is 14.9 Å². The molecule has 0 spiro atoms. The molecule has 0 radical (unpaired) electrons. The van der Waals surface area contributed by atoms with Crippen LogP contribution in [0, 0.1) is 11.8 Å². The minimum atomic E-state index is 0.396. The normalized spacial score (nSPS) is 29.5. The molecule has 1 fully saturated rings. The summed E-state index contributed by atoms with van der Waals surface area (Å²) in [6.45, 7) is 5.76.